The quantitative estimate of drug-likeness (QED) is 0.609. The molecule has 0 aromatic heterocycles. The highest BCUT2D eigenvalue weighted by Gasteiger charge is 2.37. The number of benzene rings is 1. The van der Waals surface area contributed by atoms with Gasteiger partial charge < -0.3 is 9.84 Å². The molecule has 1 saturated heterocycles. The van der Waals surface area contributed by atoms with E-state index in [9.17, 15) is 5.11 Å². The van der Waals surface area contributed by atoms with Gasteiger partial charge in [0, 0.05) is 5.41 Å². The minimum absolute atomic E-state index is 0.0388. The van der Waals surface area contributed by atoms with E-state index in [0.29, 0.717) is 0 Å². The average Bonchev–Trinajstić information content (AvgIpc) is 2.51. The molecule has 2 rings (SSSR count). The van der Waals surface area contributed by atoms with Crippen LogP contribution in [0, 0.1) is 5.41 Å². The molecule has 0 spiro atoms. The van der Waals surface area contributed by atoms with Gasteiger partial charge in [0.15, 0.2) is 0 Å². The summed E-state index contributed by atoms with van der Waals surface area (Å²) >= 11 is 0. The molecule has 1 aliphatic rings. The van der Waals surface area contributed by atoms with Crippen LogP contribution in [0.25, 0.3) is 0 Å². The van der Waals surface area contributed by atoms with E-state index in [1.165, 1.54) is 56.1 Å². The second-order valence-electron chi connectivity index (χ2n) is 6.99. The zero-order valence-corrected chi connectivity index (χ0v) is 14.2. The Kier molecular flexibility index (Phi) is 7.41. The van der Waals surface area contributed by atoms with Crippen LogP contribution >= 0.6 is 0 Å². The van der Waals surface area contributed by atoms with Gasteiger partial charge in [0.25, 0.3) is 0 Å². The van der Waals surface area contributed by atoms with Crippen molar-refractivity contribution in [2.45, 2.75) is 64.7 Å². The van der Waals surface area contributed by atoms with E-state index in [1.54, 1.807) is 0 Å². The number of unbranched alkanes of at least 4 members (excludes halogenated alkanes) is 5. The fourth-order valence-corrected chi connectivity index (χ4v) is 3.10. The third-order valence-electron chi connectivity index (χ3n) is 4.94. The smallest absolute Gasteiger partial charge is 0.0567 e. The molecule has 0 unspecified atom stereocenters. The first-order chi connectivity index (χ1) is 10.8. The molecule has 1 heterocycles. The molecule has 1 fully saturated rings. The van der Waals surface area contributed by atoms with E-state index in [1.807, 2.05) is 0 Å². The lowest BCUT2D eigenvalue weighted by Crippen LogP contribution is -2.45. The highest BCUT2D eigenvalue weighted by molar-refractivity contribution is 5.23. The van der Waals surface area contributed by atoms with Crippen molar-refractivity contribution >= 4 is 0 Å². The van der Waals surface area contributed by atoms with Gasteiger partial charge in [-0.15, -0.1) is 0 Å². The lowest BCUT2D eigenvalue weighted by atomic mass is 9.81. The van der Waals surface area contributed by atoms with Crippen LogP contribution in [0.2, 0.25) is 0 Å². The van der Waals surface area contributed by atoms with Crippen molar-refractivity contribution in [3.05, 3.63) is 35.4 Å². The normalized spacial score (nSPS) is 16.5. The molecule has 1 N–H and O–H groups in total. The number of rotatable bonds is 11. The van der Waals surface area contributed by atoms with Crippen molar-refractivity contribution in [3.8, 4) is 0 Å². The number of aliphatic hydroxyl groups excluding tert-OH is 1. The summed E-state index contributed by atoms with van der Waals surface area (Å²) in [5, 5.41) is 9.45. The van der Waals surface area contributed by atoms with Crippen LogP contribution in [0.15, 0.2) is 24.3 Å². The maximum atomic E-state index is 9.45. The minimum atomic E-state index is 0.0388. The molecule has 1 aromatic carbocycles. The summed E-state index contributed by atoms with van der Waals surface area (Å²) in [5.41, 5.74) is 2.88. The molecule has 0 atom stereocenters. The molecule has 0 bridgehead atoms. The van der Waals surface area contributed by atoms with E-state index in [4.69, 9.17) is 4.74 Å². The molecular formula is C20H32O2. The molecule has 2 nitrogen and oxygen atoms in total. The van der Waals surface area contributed by atoms with Crippen LogP contribution in [-0.4, -0.2) is 24.9 Å². The first-order valence-corrected chi connectivity index (χ1v) is 9.04. The SMILES string of the molecule is CCCCCCCCc1ccc(CCC2(CO)COC2)cc1. The van der Waals surface area contributed by atoms with E-state index in [0.717, 1.165) is 26.1 Å². The Labute approximate surface area is 135 Å². The van der Waals surface area contributed by atoms with Crippen molar-refractivity contribution in [2.24, 2.45) is 5.41 Å². The second kappa shape index (κ2) is 9.32. The molecule has 1 aliphatic heterocycles. The highest BCUT2D eigenvalue weighted by atomic mass is 16.5. The Bertz CT molecular complexity index is 401. The molecule has 0 saturated carbocycles. The van der Waals surface area contributed by atoms with Gasteiger partial charge in [0.1, 0.15) is 0 Å². The minimum Gasteiger partial charge on any atom is -0.396 e. The standard InChI is InChI=1S/C20H32O2/c1-2-3-4-5-6-7-8-18-9-11-19(12-10-18)13-14-20(15-21)16-22-17-20/h9-12,21H,2-8,13-17H2,1H3. The number of ether oxygens (including phenoxy) is 1. The molecule has 0 amide bonds. The van der Waals surface area contributed by atoms with Gasteiger partial charge in [0.05, 0.1) is 19.8 Å². The van der Waals surface area contributed by atoms with Gasteiger partial charge in [-0.3, -0.25) is 0 Å². The van der Waals surface area contributed by atoms with Gasteiger partial charge >= 0.3 is 0 Å². The summed E-state index contributed by atoms with van der Waals surface area (Å²) in [6, 6.07) is 9.09. The Balaban J connectivity index is 1.64. The van der Waals surface area contributed by atoms with Gasteiger partial charge in [-0.1, -0.05) is 63.3 Å². The van der Waals surface area contributed by atoms with Gasteiger partial charge in [-0.25, -0.2) is 0 Å². The van der Waals surface area contributed by atoms with Crippen LogP contribution in [0.1, 0.15) is 63.0 Å². The lowest BCUT2D eigenvalue weighted by Gasteiger charge is -2.40. The van der Waals surface area contributed by atoms with Crippen LogP contribution < -0.4 is 0 Å². The fraction of sp³-hybridized carbons (Fsp3) is 0.700. The average molecular weight is 304 g/mol. The van der Waals surface area contributed by atoms with Crippen LogP contribution in [0.5, 0.6) is 0 Å². The lowest BCUT2D eigenvalue weighted by molar-refractivity contribution is -0.140. The molecule has 0 radical (unpaired) electrons. The van der Waals surface area contributed by atoms with Crippen molar-refractivity contribution in [1.29, 1.82) is 0 Å². The second-order valence-corrected chi connectivity index (χ2v) is 6.99. The van der Waals surface area contributed by atoms with Crippen LogP contribution in [0.4, 0.5) is 0 Å². The zero-order chi connectivity index (χ0) is 15.7. The Morgan fingerprint density at radius 2 is 1.50 bits per heavy atom. The molecule has 2 heteroatoms. The van der Waals surface area contributed by atoms with E-state index in [2.05, 4.69) is 31.2 Å². The number of aliphatic hydroxyl groups is 1. The summed E-state index contributed by atoms with van der Waals surface area (Å²) < 4.78 is 5.26. The molecule has 124 valence electrons. The summed E-state index contributed by atoms with van der Waals surface area (Å²) in [5.74, 6) is 0. The van der Waals surface area contributed by atoms with Gasteiger partial charge in [-0.2, -0.15) is 0 Å². The topological polar surface area (TPSA) is 29.5 Å². The van der Waals surface area contributed by atoms with Crippen molar-refractivity contribution in [2.75, 3.05) is 19.8 Å². The van der Waals surface area contributed by atoms with Gasteiger partial charge in [-0.05, 0) is 36.8 Å². The number of aryl methyl sites for hydroxylation is 2. The monoisotopic (exact) mass is 304 g/mol. The largest absolute Gasteiger partial charge is 0.396 e. The Morgan fingerprint density at radius 3 is 2.05 bits per heavy atom. The summed E-state index contributed by atoms with van der Waals surface area (Å²) in [4.78, 5) is 0. The van der Waals surface area contributed by atoms with E-state index < -0.39 is 0 Å². The highest BCUT2D eigenvalue weighted by Crippen LogP contribution is 2.32. The maximum Gasteiger partial charge on any atom is 0.0567 e. The predicted octanol–water partition coefficient (Wildman–Crippen LogP) is 4.53. The van der Waals surface area contributed by atoms with E-state index >= 15 is 0 Å². The molecular weight excluding hydrogens is 272 g/mol. The van der Waals surface area contributed by atoms with Crippen molar-refractivity contribution in [1.82, 2.24) is 0 Å². The van der Waals surface area contributed by atoms with E-state index in [-0.39, 0.29) is 12.0 Å². The third-order valence-corrected chi connectivity index (χ3v) is 4.94. The van der Waals surface area contributed by atoms with Crippen molar-refractivity contribution in [3.63, 3.8) is 0 Å². The molecule has 22 heavy (non-hydrogen) atoms. The number of hydrogen-bond acceptors (Lipinski definition) is 2. The summed E-state index contributed by atoms with van der Waals surface area (Å²) in [7, 11) is 0. The predicted molar refractivity (Wildman–Crippen MR) is 92.2 cm³/mol. The summed E-state index contributed by atoms with van der Waals surface area (Å²) in [6.45, 7) is 3.96. The Hall–Kier alpha value is -0.860. The van der Waals surface area contributed by atoms with Gasteiger partial charge in [0.2, 0.25) is 0 Å². The Morgan fingerprint density at radius 1 is 0.909 bits per heavy atom. The third kappa shape index (κ3) is 5.40. The number of hydrogen-bond donors (Lipinski definition) is 1. The molecule has 0 aliphatic carbocycles. The fourth-order valence-electron chi connectivity index (χ4n) is 3.10. The van der Waals surface area contributed by atoms with Crippen LogP contribution in [0.3, 0.4) is 0 Å². The summed E-state index contributed by atoms with van der Waals surface area (Å²) in [6.07, 6.45) is 11.4. The molecule has 1 aromatic rings. The zero-order valence-electron chi connectivity index (χ0n) is 14.2. The van der Waals surface area contributed by atoms with Crippen molar-refractivity contribution < 1.29 is 9.84 Å². The van der Waals surface area contributed by atoms with Crippen LogP contribution in [-0.2, 0) is 17.6 Å². The first-order valence-electron chi connectivity index (χ1n) is 9.04. The first kappa shape index (κ1) is 17.5. The maximum absolute atomic E-state index is 9.45.